The van der Waals surface area contributed by atoms with Crippen LogP contribution in [-0.4, -0.2) is 46.4 Å². The minimum absolute atomic E-state index is 0.0646. The molecule has 9 nitrogen and oxygen atoms in total. The van der Waals surface area contributed by atoms with Gasteiger partial charge >= 0.3 is 0 Å². The zero-order valence-corrected chi connectivity index (χ0v) is 23.7. The van der Waals surface area contributed by atoms with E-state index in [1.165, 1.54) is 12.7 Å². The molecule has 10 heteroatoms. The molecule has 4 aromatic rings. The SMILES string of the molecule is COCC(=O)Nc1cc(N2C(=S)N[C@H](c3ccccn3)[C@H]2c2cc(C)n(Cc3ccncc3)c2C)ccc1OC. The zero-order valence-electron chi connectivity index (χ0n) is 22.9. The summed E-state index contributed by atoms with van der Waals surface area (Å²) in [7, 11) is 3.05. The van der Waals surface area contributed by atoms with Gasteiger partial charge in [0.2, 0.25) is 5.91 Å². The topological polar surface area (TPSA) is 93.5 Å². The van der Waals surface area contributed by atoms with Crippen molar-refractivity contribution in [2.24, 2.45) is 0 Å². The smallest absolute Gasteiger partial charge is 0.250 e. The number of hydrogen-bond donors (Lipinski definition) is 2. The molecule has 206 valence electrons. The molecule has 5 rings (SSSR count). The van der Waals surface area contributed by atoms with Gasteiger partial charge < -0.3 is 29.6 Å². The van der Waals surface area contributed by atoms with Crippen LogP contribution in [0.15, 0.2) is 73.2 Å². The molecule has 1 aromatic carbocycles. The van der Waals surface area contributed by atoms with Gasteiger partial charge in [0.15, 0.2) is 5.11 Å². The van der Waals surface area contributed by atoms with E-state index < -0.39 is 0 Å². The number of aromatic nitrogens is 3. The second-order valence-corrected chi connectivity index (χ2v) is 10.0. The second kappa shape index (κ2) is 11.8. The highest BCUT2D eigenvalue weighted by Gasteiger charge is 2.42. The van der Waals surface area contributed by atoms with Gasteiger partial charge in [0.25, 0.3) is 0 Å². The number of aryl methyl sites for hydroxylation is 1. The number of thiocarbonyl (C=S) groups is 1. The van der Waals surface area contributed by atoms with Crippen LogP contribution >= 0.6 is 12.2 Å². The number of nitrogens with one attached hydrogen (secondary N) is 2. The summed E-state index contributed by atoms with van der Waals surface area (Å²) < 4.78 is 12.8. The third-order valence-corrected chi connectivity index (χ3v) is 7.44. The van der Waals surface area contributed by atoms with E-state index in [9.17, 15) is 4.79 Å². The first-order chi connectivity index (χ1) is 19.4. The van der Waals surface area contributed by atoms with Crippen molar-refractivity contribution in [3.8, 4) is 5.75 Å². The predicted octanol–water partition coefficient (Wildman–Crippen LogP) is 4.71. The number of carbonyl (C=O) groups excluding carboxylic acids is 1. The van der Waals surface area contributed by atoms with Crippen molar-refractivity contribution < 1.29 is 14.3 Å². The highest BCUT2D eigenvalue weighted by Crippen LogP contribution is 2.44. The zero-order chi connectivity index (χ0) is 28.2. The number of rotatable bonds is 9. The molecule has 0 saturated carbocycles. The molecule has 0 radical (unpaired) electrons. The van der Waals surface area contributed by atoms with Crippen LogP contribution in [0, 0.1) is 13.8 Å². The van der Waals surface area contributed by atoms with Crippen LogP contribution in [0.2, 0.25) is 0 Å². The molecule has 2 N–H and O–H groups in total. The van der Waals surface area contributed by atoms with Crippen molar-refractivity contribution in [2.75, 3.05) is 31.0 Å². The van der Waals surface area contributed by atoms with E-state index in [1.54, 1.807) is 13.3 Å². The average Bonchev–Trinajstić information content (AvgIpc) is 3.45. The van der Waals surface area contributed by atoms with Crippen molar-refractivity contribution in [1.29, 1.82) is 0 Å². The average molecular weight is 557 g/mol. The number of nitrogens with zero attached hydrogens (tertiary/aromatic N) is 4. The van der Waals surface area contributed by atoms with Gasteiger partial charge in [-0.05, 0) is 85.7 Å². The molecular formula is C30H32N6O3S. The lowest BCUT2D eigenvalue weighted by atomic mass is 9.96. The van der Waals surface area contributed by atoms with Gasteiger partial charge in [0, 0.05) is 49.3 Å². The van der Waals surface area contributed by atoms with Crippen molar-refractivity contribution in [3.63, 3.8) is 0 Å². The highest BCUT2D eigenvalue weighted by atomic mass is 32.1. The number of ether oxygens (including phenoxy) is 2. The first-order valence-electron chi connectivity index (χ1n) is 12.9. The summed E-state index contributed by atoms with van der Waals surface area (Å²) >= 11 is 5.93. The standard InChI is InChI=1S/C30H32N6O3S/c1-19-15-23(20(2)35(19)17-21-10-13-31-14-11-21)29-28(24-7-5-6-12-32-24)34-30(40)36(29)22-8-9-26(39-4)25(16-22)33-27(37)18-38-3/h5-16,28-29H,17-18H2,1-4H3,(H,33,37)(H,34,40)/t28-,29-/m1/s1. The first-order valence-corrected chi connectivity index (χ1v) is 13.3. The molecule has 1 amide bonds. The molecule has 0 bridgehead atoms. The summed E-state index contributed by atoms with van der Waals surface area (Å²) in [6.45, 7) is 4.93. The molecule has 2 atom stereocenters. The minimum Gasteiger partial charge on any atom is -0.495 e. The Balaban J connectivity index is 1.60. The summed E-state index contributed by atoms with van der Waals surface area (Å²) in [5, 5.41) is 6.98. The third-order valence-electron chi connectivity index (χ3n) is 7.13. The maximum absolute atomic E-state index is 12.4. The maximum atomic E-state index is 12.4. The normalized spacial score (nSPS) is 16.6. The van der Waals surface area contributed by atoms with E-state index >= 15 is 0 Å². The number of amides is 1. The van der Waals surface area contributed by atoms with Gasteiger partial charge in [-0.2, -0.15) is 0 Å². The Hall–Kier alpha value is -4.28. The number of carbonyl (C=O) groups is 1. The molecule has 0 aliphatic carbocycles. The Morgan fingerprint density at radius 2 is 1.88 bits per heavy atom. The number of hydrogen-bond acceptors (Lipinski definition) is 6. The summed E-state index contributed by atoms with van der Waals surface area (Å²) in [6.07, 6.45) is 5.42. The molecular weight excluding hydrogens is 524 g/mol. The lowest BCUT2D eigenvalue weighted by Gasteiger charge is -2.29. The van der Waals surface area contributed by atoms with Gasteiger partial charge in [-0.3, -0.25) is 14.8 Å². The predicted molar refractivity (Wildman–Crippen MR) is 159 cm³/mol. The molecule has 0 spiro atoms. The van der Waals surface area contributed by atoms with Crippen LogP contribution in [0.4, 0.5) is 11.4 Å². The van der Waals surface area contributed by atoms with Crippen LogP contribution < -0.4 is 20.3 Å². The summed E-state index contributed by atoms with van der Waals surface area (Å²) in [5.74, 6) is 0.266. The quantitative estimate of drug-likeness (QED) is 0.286. The fourth-order valence-corrected chi connectivity index (χ4v) is 5.60. The van der Waals surface area contributed by atoms with Crippen molar-refractivity contribution in [1.82, 2.24) is 19.9 Å². The summed E-state index contributed by atoms with van der Waals surface area (Å²) in [6, 6.07) is 17.5. The van der Waals surface area contributed by atoms with Crippen LogP contribution in [0.25, 0.3) is 0 Å². The lowest BCUT2D eigenvalue weighted by Crippen LogP contribution is -2.29. The van der Waals surface area contributed by atoms with Gasteiger partial charge in [-0.1, -0.05) is 6.07 Å². The molecule has 1 saturated heterocycles. The molecule has 40 heavy (non-hydrogen) atoms. The van der Waals surface area contributed by atoms with Crippen LogP contribution in [0.1, 0.15) is 40.3 Å². The van der Waals surface area contributed by atoms with Crippen LogP contribution in [0.3, 0.4) is 0 Å². The number of anilines is 2. The van der Waals surface area contributed by atoms with Gasteiger partial charge in [-0.25, -0.2) is 0 Å². The van der Waals surface area contributed by atoms with E-state index in [0.29, 0.717) is 16.5 Å². The van der Waals surface area contributed by atoms with Gasteiger partial charge in [0.1, 0.15) is 12.4 Å². The third kappa shape index (κ3) is 5.41. The van der Waals surface area contributed by atoms with E-state index in [4.69, 9.17) is 21.7 Å². The fraction of sp³-hybridized carbons (Fsp3) is 0.267. The highest BCUT2D eigenvalue weighted by molar-refractivity contribution is 7.80. The lowest BCUT2D eigenvalue weighted by molar-refractivity contribution is -0.119. The first kappa shape index (κ1) is 27.3. The summed E-state index contributed by atoms with van der Waals surface area (Å²) in [4.78, 5) is 23.3. The van der Waals surface area contributed by atoms with Gasteiger partial charge in [0.05, 0.1) is 30.6 Å². The Morgan fingerprint density at radius 3 is 2.58 bits per heavy atom. The van der Waals surface area contributed by atoms with E-state index in [0.717, 1.165) is 34.9 Å². The number of pyridine rings is 2. The van der Waals surface area contributed by atoms with Crippen molar-refractivity contribution in [3.05, 3.63) is 101 Å². The fourth-order valence-electron chi connectivity index (χ4n) is 5.25. The molecule has 1 fully saturated rings. The second-order valence-electron chi connectivity index (χ2n) is 9.63. The molecule has 4 heterocycles. The summed E-state index contributed by atoms with van der Waals surface area (Å²) in [5.41, 5.74) is 6.83. The number of benzene rings is 1. The number of methoxy groups -OCH3 is 2. The van der Waals surface area contributed by atoms with Crippen LogP contribution in [0.5, 0.6) is 5.75 Å². The molecule has 1 aliphatic heterocycles. The Labute approximate surface area is 239 Å². The minimum atomic E-state index is -0.275. The molecule has 3 aromatic heterocycles. The van der Waals surface area contributed by atoms with Crippen molar-refractivity contribution >= 4 is 34.6 Å². The Bertz CT molecular complexity index is 1510. The van der Waals surface area contributed by atoms with Gasteiger partial charge in [-0.15, -0.1) is 0 Å². The van der Waals surface area contributed by atoms with Crippen LogP contribution in [-0.2, 0) is 16.1 Å². The van der Waals surface area contributed by atoms with E-state index in [2.05, 4.69) is 50.0 Å². The van der Waals surface area contributed by atoms with Crippen molar-refractivity contribution in [2.45, 2.75) is 32.5 Å². The molecule has 1 aliphatic rings. The van der Waals surface area contributed by atoms with E-state index in [-0.39, 0.29) is 24.6 Å². The Kier molecular flexibility index (Phi) is 8.09. The molecule has 0 unspecified atom stereocenters. The Morgan fingerprint density at radius 1 is 1.07 bits per heavy atom. The van der Waals surface area contributed by atoms with E-state index in [1.807, 2.05) is 60.9 Å². The maximum Gasteiger partial charge on any atom is 0.250 e. The largest absolute Gasteiger partial charge is 0.495 e. The monoisotopic (exact) mass is 556 g/mol.